The lowest BCUT2D eigenvalue weighted by Gasteiger charge is -2.05. The molecule has 0 aliphatic rings. The lowest BCUT2D eigenvalue weighted by atomic mass is 10.2. The summed E-state index contributed by atoms with van der Waals surface area (Å²) in [6.45, 7) is 0.490. The number of nitrogens with one attached hydrogen (secondary N) is 2. The van der Waals surface area contributed by atoms with Gasteiger partial charge in [-0.05, 0) is 23.8 Å². The Morgan fingerprint density at radius 2 is 2.00 bits per heavy atom. The Morgan fingerprint density at radius 1 is 1.16 bits per heavy atom. The molecule has 0 aliphatic heterocycles. The lowest BCUT2D eigenvalue weighted by molar-refractivity contribution is 0.414. The third kappa shape index (κ3) is 2.96. The van der Waals surface area contributed by atoms with E-state index in [9.17, 15) is 0 Å². The molecular formula is C15H13ClN8O. The van der Waals surface area contributed by atoms with Crippen molar-refractivity contribution in [3.05, 3.63) is 47.2 Å². The monoisotopic (exact) mass is 356 g/mol. The van der Waals surface area contributed by atoms with E-state index in [2.05, 4.69) is 35.7 Å². The molecule has 10 heteroatoms. The molecule has 9 nitrogen and oxygen atoms in total. The van der Waals surface area contributed by atoms with Crippen molar-refractivity contribution in [2.24, 2.45) is 0 Å². The number of ether oxygens (including phenoxy) is 1. The Bertz CT molecular complexity index is 974. The summed E-state index contributed by atoms with van der Waals surface area (Å²) in [5.41, 5.74) is 2.17. The summed E-state index contributed by atoms with van der Waals surface area (Å²) in [7, 11) is 1.63. The van der Waals surface area contributed by atoms with Crippen molar-refractivity contribution in [3.8, 4) is 28.8 Å². The molecule has 4 rings (SSSR count). The van der Waals surface area contributed by atoms with E-state index in [4.69, 9.17) is 16.3 Å². The van der Waals surface area contributed by atoms with Crippen LogP contribution in [0.5, 0.6) is 5.75 Å². The number of nitrogens with zero attached hydrogens (tertiary/aromatic N) is 6. The summed E-state index contributed by atoms with van der Waals surface area (Å²) in [4.78, 5) is 4.53. The van der Waals surface area contributed by atoms with Crippen LogP contribution in [0, 0.1) is 0 Å². The molecule has 0 radical (unpaired) electrons. The van der Waals surface area contributed by atoms with Crippen LogP contribution in [0.4, 0.5) is 0 Å². The van der Waals surface area contributed by atoms with Crippen molar-refractivity contribution in [1.82, 2.24) is 40.4 Å². The fraction of sp³-hybridized carbons (Fsp3) is 0.133. The van der Waals surface area contributed by atoms with E-state index in [0.717, 1.165) is 11.3 Å². The third-order valence-corrected chi connectivity index (χ3v) is 3.89. The van der Waals surface area contributed by atoms with E-state index in [1.165, 1.54) is 0 Å². The maximum atomic E-state index is 6.10. The molecule has 25 heavy (non-hydrogen) atoms. The van der Waals surface area contributed by atoms with Crippen LogP contribution in [0.2, 0.25) is 5.15 Å². The highest BCUT2D eigenvalue weighted by atomic mass is 35.5. The Kier molecular flexibility index (Phi) is 3.90. The molecule has 0 unspecified atom stereocenters. The molecule has 0 atom stereocenters. The van der Waals surface area contributed by atoms with Crippen LogP contribution >= 0.6 is 11.6 Å². The van der Waals surface area contributed by atoms with E-state index >= 15 is 0 Å². The number of aromatic nitrogens is 8. The minimum Gasteiger partial charge on any atom is -0.497 e. The standard InChI is InChI=1S/C15H13ClN8O/c1-25-10-4-2-9(3-5-10)8-24-15(12-13(16)21-23-20-12)18-14(22-24)11-6-7-17-19-11/h2-7H,8H2,1H3,(H,17,19)(H,20,21,23). The zero-order valence-electron chi connectivity index (χ0n) is 13.1. The summed E-state index contributed by atoms with van der Waals surface area (Å²) in [6.07, 6.45) is 1.64. The molecule has 0 amide bonds. The molecule has 3 heterocycles. The average Bonchev–Trinajstić information content (AvgIpc) is 3.36. The van der Waals surface area contributed by atoms with Crippen molar-refractivity contribution in [3.63, 3.8) is 0 Å². The number of methoxy groups -OCH3 is 1. The first-order chi connectivity index (χ1) is 12.2. The second-order valence-corrected chi connectivity index (χ2v) is 5.56. The van der Waals surface area contributed by atoms with E-state index in [1.807, 2.05) is 24.3 Å². The van der Waals surface area contributed by atoms with Gasteiger partial charge in [-0.2, -0.15) is 15.4 Å². The number of benzene rings is 1. The molecule has 0 spiro atoms. The van der Waals surface area contributed by atoms with Crippen LogP contribution < -0.4 is 4.74 Å². The molecular weight excluding hydrogens is 344 g/mol. The molecule has 0 aliphatic carbocycles. The average molecular weight is 357 g/mol. The van der Waals surface area contributed by atoms with Crippen LogP contribution in [0.15, 0.2) is 36.5 Å². The molecule has 4 aromatic rings. The van der Waals surface area contributed by atoms with Crippen molar-refractivity contribution in [1.29, 1.82) is 0 Å². The van der Waals surface area contributed by atoms with E-state index in [-0.39, 0.29) is 5.15 Å². The maximum absolute atomic E-state index is 6.10. The largest absolute Gasteiger partial charge is 0.497 e. The zero-order chi connectivity index (χ0) is 17.2. The highest BCUT2D eigenvalue weighted by Crippen LogP contribution is 2.25. The topological polar surface area (TPSA) is 110 Å². The lowest BCUT2D eigenvalue weighted by Crippen LogP contribution is -2.05. The van der Waals surface area contributed by atoms with Crippen molar-refractivity contribution >= 4 is 11.6 Å². The van der Waals surface area contributed by atoms with Gasteiger partial charge < -0.3 is 4.74 Å². The van der Waals surface area contributed by atoms with Crippen LogP contribution in [0.25, 0.3) is 23.0 Å². The van der Waals surface area contributed by atoms with Gasteiger partial charge in [0, 0.05) is 6.20 Å². The molecule has 3 aromatic heterocycles. The number of hydrogen-bond acceptors (Lipinski definition) is 6. The molecule has 126 valence electrons. The molecule has 0 bridgehead atoms. The first-order valence-electron chi connectivity index (χ1n) is 7.39. The Morgan fingerprint density at radius 3 is 2.64 bits per heavy atom. The molecule has 0 fully saturated rings. The van der Waals surface area contributed by atoms with Gasteiger partial charge >= 0.3 is 0 Å². The second kappa shape index (κ2) is 6.36. The summed E-state index contributed by atoms with van der Waals surface area (Å²) >= 11 is 6.10. The summed E-state index contributed by atoms with van der Waals surface area (Å²) in [5.74, 6) is 1.81. The van der Waals surface area contributed by atoms with Gasteiger partial charge in [0.2, 0.25) is 0 Å². The number of rotatable bonds is 5. The van der Waals surface area contributed by atoms with Crippen LogP contribution in [0.3, 0.4) is 0 Å². The van der Waals surface area contributed by atoms with Crippen molar-refractivity contribution in [2.45, 2.75) is 6.54 Å². The fourth-order valence-corrected chi connectivity index (χ4v) is 2.55. The van der Waals surface area contributed by atoms with Gasteiger partial charge in [-0.1, -0.05) is 23.7 Å². The Balaban J connectivity index is 1.75. The minimum absolute atomic E-state index is 0.236. The number of H-pyrrole nitrogens is 2. The van der Waals surface area contributed by atoms with Crippen molar-refractivity contribution < 1.29 is 4.74 Å². The first-order valence-corrected chi connectivity index (χ1v) is 7.76. The van der Waals surface area contributed by atoms with E-state index in [1.54, 1.807) is 24.1 Å². The van der Waals surface area contributed by atoms with Crippen LogP contribution in [-0.4, -0.2) is 47.5 Å². The zero-order valence-corrected chi connectivity index (χ0v) is 13.9. The van der Waals surface area contributed by atoms with Gasteiger partial charge in [0.05, 0.1) is 13.7 Å². The Labute approximate surface area is 147 Å². The SMILES string of the molecule is COc1ccc(Cn2nc(-c3ccn[nH]3)nc2-c2n[nH]nc2Cl)cc1. The van der Waals surface area contributed by atoms with Gasteiger partial charge in [0.1, 0.15) is 11.4 Å². The quantitative estimate of drug-likeness (QED) is 0.567. The maximum Gasteiger partial charge on any atom is 0.199 e. The smallest absolute Gasteiger partial charge is 0.199 e. The predicted molar refractivity (Wildman–Crippen MR) is 90.1 cm³/mol. The molecule has 2 N–H and O–H groups in total. The van der Waals surface area contributed by atoms with E-state index < -0.39 is 0 Å². The summed E-state index contributed by atoms with van der Waals surface area (Å²) in [5, 5.41) is 22.0. The molecule has 0 saturated carbocycles. The van der Waals surface area contributed by atoms with Gasteiger partial charge in [0.15, 0.2) is 22.5 Å². The summed E-state index contributed by atoms with van der Waals surface area (Å²) in [6, 6.07) is 9.51. The van der Waals surface area contributed by atoms with Gasteiger partial charge in [0.25, 0.3) is 0 Å². The third-order valence-electron chi connectivity index (χ3n) is 3.62. The number of halogens is 1. The Hall–Kier alpha value is -3.20. The fourth-order valence-electron chi connectivity index (χ4n) is 2.39. The van der Waals surface area contributed by atoms with Crippen LogP contribution in [0.1, 0.15) is 5.56 Å². The first kappa shape index (κ1) is 15.3. The number of aromatic amines is 2. The molecule has 1 aromatic carbocycles. The highest BCUT2D eigenvalue weighted by Gasteiger charge is 2.19. The van der Waals surface area contributed by atoms with E-state index in [0.29, 0.717) is 29.6 Å². The molecule has 0 saturated heterocycles. The van der Waals surface area contributed by atoms with Crippen LogP contribution in [-0.2, 0) is 6.54 Å². The van der Waals surface area contributed by atoms with Gasteiger partial charge in [-0.25, -0.2) is 9.67 Å². The summed E-state index contributed by atoms with van der Waals surface area (Å²) < 4.78 is 6.91. The highest BCUT2D eigenvalue weighted by molar-refractivity contribution is 6.31. The van der Waals surface area contributed by atoms with Gasteiger partial charge in [-0.15, -0.1) is 10.2 Å². The van der Waals surface area contributed by atoms with Gasteiger partial charge in [-0.3, -0.25) is 5.10 Å². The minimum atomic E-state index is 0.236. The predicted octanol–water partition coefficient (Wildman–Crippen LogP) is 2.16. The number of hydrogen-bond donors (Lipinski definition) is 2. The normalized spacial score (nSPS) is 11.0. The van der Waals surface area contributed by atoms with Crippen molar-refractivity contribution in [2.75, 3.05) is 7.11 Å². The second-order valence-electron chi connectivity index (χ2n) is 5.20.